The van der Waals surface area contributed by atoms with E-state index in [1.807, 2.05) is 0 Å². The van der Waals surface area contributed by atoms with Crippen molar-refractivity contribution in [1.29, 1.82) is 0 Å². The van der Waals surface area contributed by atoms with Gasteiger partial charge in [-0.05, 0) is 13.0 Å². The molecule has 0 unspecified atom stereocenters. The highest BCUT2D eigenvalue weighted by Gasteiger charge is 2.21. The minimum atomic E-state index is -2.87. The zero-order valence-electron chi connectivity index (χ0n) is 7.29. The fourth-order valence-corrected chi connectivity index (χ4v) is 1.17. The Bertz CT molecular complexity index is 380. The number of anilines is 1. The molecule has 0 saturated carbocycles. The van der Waals surface area contributed by atoms with E-state index in [4.69, 9.17) is 10.8 Å². The fraction of sp³-hybridized carbons (Fsp3) is 0.250. The van der Waals surface area contributed by atoms with E-state index in [1.54, 1.807) is 0 Å². The Balaban J connectivity index is 3.44. The number of aryl methyl sites for hydroxylation is 1. The highest BCUT2D eigenvalue weighted by Crippen LogP contribution is 2.26. The molecule has 0 bridgehead atoms. The van der Waals surface area contributed by atoms with Crippen molar-refractivity contribution >= 4 is 11.8 Å². The molecule has 0 radical (unpaired) electrons. The maximum atomic E-state index is 12.4. The van der Waals surface area contributed by atoms with Gasteiger partial charge in [-0.25, -0.2) is 18.6 Å². The van der Waals surface area contributed by atoms with Crippen LogP contribution in [-0.4, -0.2) is 16.1 Å². The maximum Gasteiger partial charge on any atom is 0.338 e. The van der Waals surface area contributed by atoms with Gasteiger partial charge in [0, 0.05) is 5.56 Å². The van der Waals surface area contributed by atoms with Crippen LogP contribution in [0.3, 0.4) is 0 Å². The predicted molar refractivity (Wildman–Crippen MR) is 45.3 cm³/mol. The molecule has 1 aromatic rings. The summed E-state index contributed by atoms with van der Waals surface area (Å²) in [5, 5.41) is 8.67. The average Bonchev–Trinajstić information content (AvgIpc) is 2.01. The molecule has 0 aliphatic heterocycles. The van der Waals surface area contributed by atoms with Crippen LogP contribution < -0.4 is 5.73 Å². The topological polar surface area (TPSA) is 76.2 Å². The van der Waals surface area contributed by atoms with Crippen molar-refractivity contribution in [3.8, 4) is 0 Å². The summed E-state index contributed by atoms with van der Waals surface area (Å²) in [7, 11) is 0. The number of pyridine rings is 1. The Morgan fingerprint density at radius 2 is 2.21 bits per heavy atom. The molecule has 1 heterocycles. The Morgan fingerprint density at radius 1 is 1.64 bits per heavy atom. The Morgan fingerprint density at radius 3 is 2.64 bits per heavy atom. The molecule has 76 valence electrons. The summed E-state index contributed by atoms with van der Waals surface area (Å²) in [6.07, 6.45) is -2.87. The zero-order chi connectivity index (χ0) is 10.9. The molecule has 0 aliphatic carbocycles. The number of alkyl halides is 2. The van der Waals surface area contributed by atoms with E-state index in [0.717, 1.165) is 6.07 Å². The van der Waals surface area contributed by atoms with Crippen molar-refractivity contribution in [1.82, 2.24) is 4.98 Å². The molecule has 0 aliphatic rings. The SMILES string of the molecule is Cc1nc(N)cc(C(F)F)c1C(=O)O. The summed E-state index contributed by atoms with van der Waals surface area (Å²) >= 11 is 0. The highest BCUT2D eigenvalue weighted by atomic mass is 19.3. The molecule has 1 rings (SSSR count). The quantitative estimate of drug-likeness (QED) is 0.763. The van der Waals surface area contributed by atoms with Crippen molar-refractivity contribution in [3.63, 3.8) is 0 Å². The van der Waals surface area contributed by atoms with Gasteiger partial charge in [0.2, 0.25) is 0 Å². The van der Waals surface area contributed by atoms with Crippen molar-refractivity contribution in [2.24, 2.45) is 0 Å². The molecule has 4 nitrogen and oxygen atoms in total. The number of carbonyl (C=O) groups is 1. The van der Waals surface area contributed by atoms with E-state index < -0.39 is 23.5 Å². The molecule has 0 fully saturated rings. The molecular weight excluding hydrogens is 194 g/mol. The van der Waals surface area contributed by atoms with Gasteiger partial charge in [0.15, 0.2) is 0 Å². The lowest BCUT2D eigenvalue weighted by Gasteiger charge is -2.08. The number of rotatable bonds is 2. The number of nitrogens with zero attached hydrogens (tertiary/aromatic N) is 1. The van der Waals surface area contributed by atoms with Gasteiger partial charge in [-0.2, -0.15) is 0 Å². The van der Waals surface area contributed by atoms with E-state index in [9.17, 15) is 13.6 Å². The smallest absolute Gasteiger partial charge is 0.338 e. The largest absolute Gasteiger partial charge is 0.478 e. The van der Waals surface area contributed by atoms with E-state index >= 15 is 0 Å². The standard InChI is InChI=1S/C8H8F2N2O2/c1-3-6(8(13)14)4(7(9)10)2-5(11)12-3/h2,7H,1H3,(H2,11,12)(H,13,14). The second-order valence-electron chi connectivity index (χ2n) is 2.70. The minimum Gasteiger partial charge on any atom is -0.478 e. The number of aromatic nitrogens is 1. The normalized spacial score (nSPS) is 10.6. The molecule has 3 N–H and O–H groups in total. The Hall–Kier alpha value is -1.72. The van der Waals surface area contributed by atoms with Gasteiger partial charge in [-0.1, -0.05) is 0 Å². The van der Waals surface area contributed by atoms with Crippen LogP contribution in [0.4, 0.5) is 14.6 Å². The number of hydrogen-bond acceptors (Lipinski definition) is 3. The molecule has 1 aromatic heterocycles. The van der Waals surface area contributed by atoms with Crippen LogP contribution >= 0.6 is 0 Å². The van der Waals surface area contributed by atoms with Gasteiger partial charge in [-0.3, -0.25) is 0 Å². The number of halogens is 2. The predicted octanol–water partition coefficient (Wildman–Crippen LogP) is 1.61. The number of nitrogens with two attached hydrogens (primary N) is 1. The van der Waals surface area contributed by atoms with Crippen LogP contribution in [0.15, 0.2) is 6.07 Å². The average molecular weight is 202 g/mol. The zero-order valence-corrected chi connectivity index (χ0v) is 7.29. The monoisotopic (exact) mass is 202 g/mol. The maximum absolute atomic E-state index is 12.4. The lowest BCUT2D eigenvalue weighted by molar-refractivity contribution is 0.0683. The molecule has 0 saturated heterocycles. The second-order valence-corrected chi connectivity index (χ2v) is 2.70. The van der Waals surface area contributed by atoms with Gasteiger partial charge in [-0.15, -0.1) is 0 Å². The summed E-state index contributed by atoms with van der Waals surface area (Å²) in [4.78, 5) is 14.2. The molecule has 0 spiro atoms. The van der Waals surface area contributed by atoms with Gasteiger partial charge < -0.3 is 10.8 Å². The Kier molecular flexibility index (Phi) is 2.64. The van der Waals surface area contributed by atoms with Gasteiger partial charge in [0.05, 0.1) is 11.3 Å². The van der Waals surface area contributed by atoms with Crippen LogP contribution in [0.2, 0.25) is 0 Å². The lowest BCUT2D eigenvalue weighted by atomic mass is 10.1. The van der Waals surface area contributed by atoms with Gasteiger partial charge in [0.1, 0.15) is 5.82 Å². The summed E-state index contributed by atoms with van der Waals surface area (Å²) in [6.45, 7) is 1.33. The molecule has 14 heavy (non-hydrogen) atoms. The van der Waals surface area contributed by atoms with Crippen LogP contribution in [0.5, 0.6) is 0 Å². The van der Waals surface area contributed by atoms with Crippen LogP contribution in [0.1, 0.15) is 28.0 Å². The van der Waals surface area contributed by atoms with E-state index in [-0.39, 0.29) is 11.5 Å². The summed E-state index contributed by atoms with van der Waals surface area (Å²) in [5.41, 5.74) is 4.15. The van der Waals surface area contributed by atoms with Crippen molar-refractivity contribution in [3.05, 3.63) is 22.9 Å². The first-order valence-corrected chi connectivity index (χ1v) is 3.72. The summed E-state index contributed by atoms with van der Waals surface area (Å²) in [6, 6.07) is 0.876. The first kappa shape index (κ1) is 10.4. The van der Waals surface area contributed by atoms with Gasteiger partial charge in [0.25, 0.3) is 6.43 Å². The highest BCUT2D eigenvalue weighted by molar-refractivity contribution is 5.91. The fourth-order valence-electron chi connectivity index (χ4n) is 1.17. The molecular formula is C8H8F2N2O2. The summed E-state index contributed by atoms with van der Waals surface area (Å²) in [5.74, 6) is -1.53. The Labute approximate surface area is 78.4 Å². The van der Waals surface area contributed by atoms with Crippen LogP contribution in [0.25, 0.3) is 0 Å². The van der Waals surface area contributed by atoms with E-state index in [1.165, 1.54) is 6.92 Å². The minimum absolute atomic E-state index is 0.00667. The van der Waals surface area contributed by atoms with Crippen molar-refractivity contribution in [2.45, 2.75) is 13.3 Å². The third kappa shape index (κ3) is 1.78. The number of hydrogen-bond donors (Lipinski definition) is 2. The molecule has 0 amide bonds. The first-order chi connectivity index (χ1) is 6.43. The van der Waals surface area contributed by atoms with Crippen LogP contribution in [0, 0.1) is 6.92 Å². The first-order valence-electron chi connectivity index (χ1n) is 3.72. The van der Waals surface area contributed by atoms with E-state index in [0.29, 0.717) is 0 Å². The number of aromatic carboxylic acids is 1. The number of carboxylic acids is 1. The van der Waals surface area contributed by atoms with Crippen molar-refractivity contribution < 1.29 is 18.7 Å². The van der Waals surface area contributed by atoms with Crippen LogP contribution in [-0.2, 0) is 0 Å². The molecule has 0 atom stereocenters. The molecule has 6 heteroatoms. The number of nitrogen functional groups attached to an aromatic ring is 1. The lowest BCUT2D eigenvalue weighted by Crippen LogP contribution is -2.09. The molecule has 0 aromatic carbocycles. The van der Waals surface area contributed by atoms with Crippen molar-refractivity contribution in [2.75, 3.05) is 5.73 Å². The van der Waals surface area contributed by atoms with E-state index in [2.05, 4.69) is 4.98 Å². The third-order valence-electron chi connectivity index (χ3n) is 1.70. The summed E-state index contributed by atoms with van der Waals surface area (Å²) < 4.78 is 24.8. The third-order valence-corrected chi connectivity index (χ3v) is 1.70. The second kappa shape index (κ2) is 3.57. The number of carboxylic acid groups (broad SMARTS) is 1. The van der Waals surface area contributed by atoms with Gasteiger partial charge >= 0.3 is 5.97 Å².